The van der Waals surface area contributed by atoms with Gasteiger partial charge in [-0.05, 0) is 74.0 Å². The van der Waals surface area contributed by atoms with Crippen LogP contribution in [0.5, 0.6) is 0 Å². The van der Waals surface area contributed by atoms with Crippen molar-refractivity contribution in [3.63, 3.8) is 0 Å². The molecule has 2 unspecified atom stereocenters. The van der Waals surface area contributed by atoms with Crippen LogP contribution >= 0.6 is 0 Å². The van der Waals surface area contributed by atoms with Crippen LogP contribution in [0.1, 0.15) is 78.1 Å². The Hall–Kier alpha value is -0.330. The SMILES string of the molecule is C[C@]12CCCCC1CC[C@H]1C3CCC(=O)[C@@]3(C)CC[C@@H]12. The Morgan fingerprint density at radius 1 is 0.900 bits per heavy atom. The van der Waals surface area contributed by atoms with Crippen LogP contribution in [-0.2, 0) is 4.79 Å². The second-order valence-corrected chi connectivity index (χ2v) is 8.82. The number of rotatable bonds is 0. The molecule has 0 aromatic heterocycles. The van der Waals surface area contributed by atoms with Crippen LogP contribution < -0.4 is 0 Å². The first-order valence-electron chi connectivity index (χ1n) is 9.09. The third-order valence-corrected chi connectivity index (χ3v) is 8.29. The number of fused-ring (bicyclic) bond motifs is 5. The first-order chi connectivity index (χ1) is 9.56. The normalized spacial score (nSPS) is 55.0. The van der Waals surface area contributed by atoms with Crippen LogP contribution in [-0.4, -0.2) is 5.78 Å². The number of hydrogen-bond donors (Lipinski definition) is 0. The van der Waals surface area contributed by atoms with E-state index < -0.39 is 0 Å². The van der Waals surface area contributed by atoms with Crippen molar-refractivity contribution in [3.05, 3.63) is 0 Å². The van der Waals surface area contributed by atoms with Crippen molar-refractivity contribution in [2.75, 3.05) is 0 Å². The topological polar surface area (TPSA) is 17.1 Å². The van der Waals surface area contributed by atoms with Crippen LogP contribution in [0.25, 0.3) is 0 Å². The third-order valence-electron chi connectivity index (χ3n) is 8.29. The van der Waals surface area contributed by atoms with E-state index in [4.69, 9.17) is 0 Å². The summed E-state index contributed by atoms with van der Waals surface area (Å²) in [5, 5.41) is 0. The average molecular weight is 274 g/mol. The summed E-state index contributed by atoms with van der Waals surface area (Å²) >= 11 is 0. The highest BCUT2D eigenvalue weighted by molar-refractivity contribution is 5.87. The molecule has 112 valence electrons. The maximum atomic E-state index is 12.4. The molecular weight excluding hydrogens is 244 g/mol. The van der Waals surface area contributed by atoms with Crippen molar-refractivity contribution in [1.29, 1.82) is 0 Å². The smallest absolute Gasteiger partial charge is 0.139 e. The predicted octanol–water partition coefficient (Wildman–Crippen LogP) is 4.99. The van der Waals surface area contributed by atoms with Gasteiger partial charge in [0.25, 0.3) is 0 Å². The molecule has 1 heteroatoms. The Morgan fingerprint density at radius 3 is 2.60 bits per heavy atom. The van der Waals surface area contributed by atoms with E-state index in [-0.39, 0.29) is 5.41 Å². The molecular formula is C19H30O. The minimum Gasteiger partial charge on any atom is -0.299 e. The van der Waals surface area contributed by atoms with Gasteiger partial charge < -0.3 is 0 Å². The molecule has 1 nitrogen and oxygen atoms in total. The van der Waals surface area contributed by atoms with Crippen molar-refractivity contribution in [1.82, 2.24) is 0 Å². The molecule has 4 aliphatic rings. The van der Waals surface area contributed by atoms with E-state index in [1.54, 1.807) is 0 Å². The number of Topliss-reactive ketones (excluding diaryl/α,β-unsaturated/α-hetero) is 1. The number of ketones is 1. The fourth-order valence-electron chi connectivity index (χ4n) is 7.07. The van der Waals surface area contributed by atoms with Gasteiger partial charge in [0, 0.05) is 11.8 Å². The summed E-state index contributed by atoms with van der Waals surface area (Å²) in [6, 6.07) is 0. The van der Waals surface area contributed by atoms with Gasteiger partial charge in [-0.25, -0.2) is 0 Å². The van der Waals surface area contributed by atoms with Gasteiger partial charge in [-0.1, -0.05) is 26.7 Å². The summed E-state index contributed by atoms with van der Waals surface area (Å²) in [7, 11) is 0. The highest BCUT2D eigenvalue weighted by Crippen LogP contribution is 2.65. The average Bonchev–Trinajstić information content (AvgIpc) is 2.74. The molecule has 0 saturated heterocycles. The Morgan fingerprint density at radius 2 is 1.75 bits per heavy atom. The van der Waals surface area contributed by atoms with Gasteiger partial charge in [0.05, 0.1) is 0 Å². The van der Waals surface area contributed by atoms with Gasteiger partial charge in [-0.3, -0.25) is 4.79 Å². The van der Waals surface area contributed by atoms with E-state index in [1.807, 2.05) is 0 Å². The summed E-state index contributed by atoms with van der Waals surface area (Å²) in [6.45, 7) is 4.92. The van der Waals surface area contributed by atoms with E-state index in [0.717, 1.165) is 30.1 Å². The Balaban J connectivity index is 1.66. The number of hydrogen-bond acceptors (Lipinski definition) is 1. The lowest BCUT2D eigenvalue weighted by molar-refractivity contribution is -0.138. The maximum Gasteiger partial charge on any atom is 0.139 e. The van der Waals surface area contributed by atoms with E-state index in [0.29, 0.717) is 11.2 Å². The molecule has 0 aromatic carbocycles. The summed E-state index contributed by atoms with van der Waals surface area (Å²) in [6.07, 6.45) is 13.4. The molecule has 20 heavy (non-hydrogen) atoms. The monoisotopic (exact) mass is 274 g/mol. The largest absolute Gasteiger partial charge is 0.299 e. The zero-order valence-electron chi connectivity index (χ0n) is 13.3. The lowest BCUT2D eigenvalue weighted by atomic mass is 9.45. The molecule has 4 rings (SSSR count). The van der Waals surface area contributed by atoms with Crippen LogP contribution in [0.15, 0.2) is 0 Å². The van der Waals surface area contributed by atoms with Crippen molar-refractivity contribution in [3.8, 4) is 0 Å². The van der Waals surface area contributed by atoms with Crippen LogP contribution in [0.2, 0.25) is 0 Å². The molecule has 4 aliphatic carbocycles. The Labute approximate surface area is 123 Å². The minimum absolute atomic E-state index is 0.0685. The molecule has 0 spiro atoms. The van der Waals surface area contributed by atoms with E-state index >= 15 is 0 Å². The summed E-state index contributed by atoms with van der Waals surface area (Å²) in [4.78, 5) is 12.4. The van der Waals surface area contributed by atoms with Gasteiger partial charge in [-0.15, -0.1) is 0 Å². The third kappa shape index (κ3) is 1.58. The van der Waals surface area contributed by atoms with Gasteiger partial charge >= 0.3 is 0 Å². The summed E-state index contributed by atoms with van der Waals surface area (Å²) < 4.78 is 0. The first-order valence-corrected chi connectivity index (χ1v) is 9.09. The standard InChI is InChI=1S/C19H30O/c1-18-11-4-3-5-13(18)6-7-14-15-8-9-17(20)19(15,2)12-10-16(14)18/h13-16H,3-12H2,1-2H3/t13?,14-,15?,16-,18-,19-/m0/s1. The molecule has 4 fully saturated rings. The van der Waals surface area contributed by atoms with Gasteiger partial charge in [0.15, 0.2) is 0 Å². The van der Waals surface area contributed by atoms with Gasteiger partial charge in [-0.2, -0.15) is 0 Å². The zero-order chi connectivity index (χ0) is 14.0. The second-order valence-electron chi connectivity index (χ2n) is 8.82. The van der Waals surface area contributed by atoms with Crippen molar-refractivity contribution in [2.45, 2.75) is 78.1 Å². The van der Waals surface area contributed by atoms with Gasteiger partial charge in [0.1, 0.15) is 5.78 Å². The highest BCUT2D eigenvalue weighted by Gasteiger charge is 2.59. The fraction of sp³-hybridized carbons (Fsp3) is 0.947. The number of carbonyl (C=O) groups is 1. The Bertz CT molecular complexity index is 427. The minimum atomic E-state index is 0.0685. The highest BCUT2D eigenvalue weighted by atomic mass is 16.1. The first kappa shape index (κ1) is 13.3. The molecule has 6 atom stereocenters. The van der Waals surface area contributed by atoms with E-state index in [1.165, 1.54) is 57.8 Å². The molecule has 0 amide bonds. The molecule has 0 radical (unpaired) electrons. The van der Waals surface area contributed by atoms with Crippen molar-refractivity contribution in [2.24, 2.45) is 34.5 Å². The fourth-order valence-corrected chi connectivity index (χ4v) is 7.07. The van der Waals surface area contributed by atoms with Crippen molar-refractivity contribution < 1.29 is 4.79 Å². The summed E-state index contributed by atoms with van der Waals surface area (Å²) in [5.41, 5.74) is 0.688. The van der Waals surface area contributed by atoms with Gasteiger partial charge in [0.2, 0.25) is 0 Å². The lowest BCUT2D eigenvalue weighted by Gasteiger charge is -2.59. The molecule has 0 aromatic rings. The summed E-state index contributed by atoms with van der Waals surface area (Å²) in [5.74, 6) is 4.13. The molecule has 0 heterocycles. The molecule has 4 saturated carbocycles. The quantitative estimate of drug-likeness (QED) is 0.608. The Kier molecular flexibility index (Phi) is 2.89. The predicted molar refractivity (Wildman–Crippen MR) is 81.4 cm³/mol. The van der Waals surface area contributed by atoms with Crippen LogP contribution in [0, 0.1) is 34.5 Å². The molecule has 0 bridgehead atoms. The van der Waals surface area contributed by atoms with Crippen LogP contribution in [0.3, 0.4) is 0 Å². The zero-order valence-corrected chi connectivity index (χ0v) is 13.3. The number of carbonyl (C=O) groups excluding carboxylic acids is 1. The van der Waals surface area contributed by atoms with Crippen LogP contribution in [0.4, 0.5) is 0 Å². The van der Waals surface area contributed by atoms with Crippen molar-refractivity contribution >= 4 is 5.78 Å². The lowest BCUT2D eigenvalue weighted by Crippen LogP contribution is -2.52. The molecule has 0 aliphatic heterocycles. The van der Waals surface area contributed by atoms with E-state index in [2.05, 4.69) is 13.8 Å². The maximum absolute atomic E-state index is 12.4. The van der Waals surface area contributed by atoms with E-state index in [9.17, 15) is 4.79 Å². The molecule has 0 N–H and O–H groups in total. The second kappa shape index (κ2) is 4.34.